The number of fused-ring (bicyclic) bond motifs is 1. The maximum atomic E-state index is 12.3. The molecule has 2 aromatic rings. The Balaban J connectivity index is 2.25. The van der Waals surface area contributed by atoms with Crippen molar-refractivity contribution in [2.75, 3.05) is 13.2 Å². The van der Waals surface area contributed by atoms with Gasteiger partial charge in [0.25, 0.3) is 0 Å². The van der Waals surface area contributed by atoms with E-state index in [4.69, 9.17) is 9.05 Å². The Kier molecular flexibility index (Phi) is 5.13. The second-order valence-electron chi connectivity index (χ2n) is 4.30. The van der Waals surface area contributed by atoms with Gasteiger partial charge in [0.15, 0.2) is 0 Å². The van der Waals surface area contributed by atoms with Gasteiger partial charge in [-0.25, -0.2) is 0 Å². The van der Waals surface area contributed by atoms with Crippen LogP contribution in [0.15, 0.2) is 48.3 Å². The van der Waals surface area contributed by atoms with Crippen molar-refractivity contribution in [3.05, 3.63) is 53.8 Å². The Morgan fingerprint density at radius 2 is 1.65 bits per heavy atom. The first-order chi connectivity index (χ1) is 9.67. The molecule has 0 atom stereocenters. The molecule has 0 N–H and O–H groups in total. The third-order valence-electron chi connectivity index (χ3n) is 2.84. The van der Waals surface area contributed by atoms with Crippen LogP contribution in [0.5, 0.6) is 0 Å². The van der Waals surface area contributed by atoms with Crippen molar-refractivity contribution < 1.29 is 13.6 Å². The van der Waals surface area contributed by atoms with Crippen LogP contribution in [0, 0.1) is 0 Å². The molecule has 3 nitrogen and oxygen atoms in total. The van der Waals surface area contributed by atoms with Gasteiger partial charge in [0, 0.05) is 5.82 Å². The summed E-state index contributed by atoms with van der Waals surface area (Å²) >= 11 is 0. The van der Waals surface area contributed by atoms with Gasteiger partial charge < -0.3 is 9.05 Å². The highest BCUT2D eigenvalue weighted by Crippen LogP contribution is 2.50. The lowest BCUT2D eigenvalue weighted by Crippen LogP contribution is -1.92. The maximum absolute atomic E-state index is 12.3. The molecule has 2 aromatic carbocycles. The zero-order valence-electron chi connectivity index (χ0n) is 11.8. The van der Waals surface area contributed by atoms with Crippen LogP contribution in [-0.2, 0) is 13.6 Å². The molecule has 0 heterocycles. The summed E-state index contributed by atoms with van der Waals surface area (Å²) in [5, 5.41) is 2.33. The van der Waals surface area contributed by atoms with Gasteiger partial charge in [-0.05, 0) is 42.3 Å². The zero-order chi connectivity index (χ0) is 14.4. The van der Waals surface area contributed by atoms with Crippen molar-refractivity contribution in [2.24, 2.45) is 0 Å². The number of hydrogen-bond acceptors (Lipinski definition) is 3. The summed E-state index contributed by atoms with van der Waals surface area (Å²) in [7, 11) is -3.13. The molecule has 0 aliphatic rings. The lowest BCUT2D eigenvalue weighted by molar-refractivity contribution is 0.229. The molecule has 20 heavy (non-hydrogen) atoms. The van der Waals surface area contributed by atoms with E-state index in [1.54, 1.807) is 19.9 Å². The van der Waals surface area contributed by atoms with Crippen molar-refractivity contribution in [3.8, 4) is 0 Å². The maximum Gasteiger partial charge on any atom is 0.354 e. The predicted molar refractivity (Wildman–Crippen MR) is 83.8 cm³/mol. The molecular weight excluding hydrogens is 271 g/mol. The summed E-state index contributed by atoms with van der Waals surface area (Å²) in [5.74, 6) is 1.53. The van der Waals surface area contributed by atoms with E-state index in [0.717, 1.165) is 10.9 Å². The molecule has 0 aliphatic heterocycles. The molecule has 0 unspecified atom stereocenters. The first-order valence-electron chi connectivity index (χ1n) is 6.73. The molecular formula is C16H19O3P. The average Bonchev–Trinajstić information content (AvgIpc) is 2.46. The van der Waals surface area contributed by atoms with E-state index in [1.807, 2.05) is 30.3 Å². The van der Waals surface area contributed by atoms with E-state index < -0.39 is 7.60 Å². The lowest BCUT2D eigenvalue weighted by atomic mass is 10.1. The number of rotatable bonds is 6. The molecule has 0 fully saturated rings. The minimum atomic E-state index is -3.13. The van der Waals surface area contributed by atoms with Crippen LogP contribution in [0.3, 0.4) is 0 Å². The van der Waals surface area contributed by atoms with Gasteiger partial charge in [-0.2, -0.15) is 0 Å². The Labute approximate surface area is 119 Å². The van der Waals surface area contributed by atoms with Crippen molar-refractivity contribution in [1.29, 1.82) is 0 Å². The summed E-state index contributed by atoms with van der Waals surface area (Å²) in [4.78, 5) is 0. The second kappa shape index (κ2) is 6.85. The lowest BCUT2D eigenvalue weighted by Gasteiger charge is -2.12. The highest BCUT2D eigenvalue weighted by Gasteiger charge is 2.18. The van der Waals surface area contributed by atoms with E-state index in [1.165, 1.54) is 11.2 Å². The van der Waals surface area contributed by atoms with Crippen LogP contribution in [0.2, 0.25) is 0 Å². The Morgan fingerprint density at radius 3 is 2.30 bits per heavy atom. The summed E-state index contributed by atoms with van der Waals surface area (Å²) < 4.78 is 22.8. The minimum Gasteiger partial charge on any atom is -0.306 e. The van der Waals surface area contributed by atoms with Gasteiger partial charge in [-0.15, -0.1) is 0 Å². The average molecular weight is 290 g/mol. The minimum absolute atomic E-state index is 0.360. The van der Waals surface area contributed by atoms with Crippen molar-refractivity contribution >= 4 is 24.4 Å². The first-order valence-corrected chi connectivity index (χ1v) is 8.35. The zero-order valence-corrected chi connectivity index (χ0v) is 12.7. The molecule has 0 radical (unpaired) electrons. The summed E-state index contributed by atoms with van der Waals surface area (Å²) in [5.41, 5.74) is 0.975. The topological polar surface area (TPSA) is 35.5 Å². The fraction of sp³-hybridized carbons (Fsp3) is 0.250. The molecule has 0 saturated heterocycles. The Hall–Kier alpha value is -1.41. The molecule has 2 rings (SSSR count). The van der Waals surface area contributed by atoms with E-state index in [9.17, 15) is 4.57 Å². The number of benzene rings is 2. The van der Waals surface area contributed by atoms with Crippen molar-refractivity contribution in [1.82, 2.24) is 0 Å². The standard InChI is InChI=1S/C16H19O3P/c1-3-18-20(17,19-4-2)12-11-14-9-10-15-7-5-6-8-16(15)13-14/h5-13H,3-4H2,1-2H3. The molecule has 0 aromatic heterocycles. The molecule has 4 heteroatoms. The van der Waals surface area contributed by atoms with Gasteiger partial charge in [-0.3, -0.25) is 4.57 Å². The van der Waals surface area contributed by atoms with E-state index in [2.05, 4.69) is 12.1 Å². The molecule has 0 spiro atoms. The van der Waals surface area contributed by atoms with Crippen LogP contribution in [-0.4, -0.2) is 13.2 Å². The van der Waals surface area contributed by atoms with Gasteiger partial charge in [0.1, 0.15) is 0 Å². The molecule has 0 saturated carbocycles. The first kappa shape index (κ1) is 15.0. The third kappa shape index (κ3) is 3.80. The fourth-order valence-corrected chi connectivity index (χ4v) is 3.29. The molecule has 0 bridgehead atoms. The molecule has 106 valence electrons. The van der Waals surface area contributed by atoms with E-state index in [-0.39, 0.29) is 0 Å². The highest BCUT2D eigenvalue weighted by molar-refractivity contribution is 7.57. The summed E-state index contributed by atoms with van der Waals surface area (Å²) in [6.45, 7) is 4.32. The number of hydrogen-bond donors (Lipinski definition) is 0. The van der Waals surface area contributed by atoms with Gasteiger partial charge >= 0.3 is 7.60 Å². The molecule has 0 aliphatic carbocycles. The van der Waals surface area contributed by atoms with Crippen molar-refractivity contribution in [2.45, 2.75) is 13.8 Å². The summed E-state index contributed by atoms with van der Waals surface area (Å²) in [6, 6.07) is 14.2. The molecule has 0 amide bonds. The van der Waals surface area contributed by atoms with Crippen LogP contribution >= 0.6 is 7.60 Å². The quantitative estimate of drug-likeness (QED) is 0.696. The highest BCUT2D eigenvalue weighted by atomic mass is 31.2. The monoisotopic (exact) mass is 290 g/mol. The van der Waals surface area contributed by atoms with E-state index >= 15 is 0 Å². The fourth-order valence-electron chi connectivity index (χ4n) is 1.97. The predicted octanol–water partition coefficient (Wildman–Crippen LogP) is 5.08. The largest absolute Gasteiger partial charge is 0.354 e. The van der Waals surface area contributed by atoms with Crippen LogP contribution < -0.4 is 0 Å². The van der Waals surface area contributed by atoms with Crippen molar-refractivity contribution in [3.63, 3.8) is 0 Å². The SMILES string of the molecule is CCOP(=O)(C=Cc1ccc2ccccc2c1)OCC. The Bertz CT molecular complexity index is 639. The van der Waals surface area contributed by atoms with Crippen LogP contribution in [0.1, 0.15) is 19.4 Å². The third-order valence-corrected chi connectivity index (χ3v) is 4.59. The van der Waals surface area contributed by atoms with Gasteiger partial charge in [-0.1, -0.05) is 36.4 Å². The van der Waals surface area contributed by atoms with Gasteiger partial charge in [0.2, 0.25) is 0 Å². The summed E-state index contributed by atoms with van der Waals surface area (Å²) in [6.07, 6.45) is 1.79. The Morgan fingerprint density at radius 1 is 1.00 bits per heavy atom. The second-order valence-corrected chi connectivity index (χ2v) is 6.19. The van der Waals surface area contributed by atoms with E-state index in [0.29, 0.717) is 13.2 Å². The van der Waals surface area contributed by atoms with Crippen LogP contribution in [0.4, 0.5) is 0 Å². The van der Waals surface area contributed by atoms with Gasteiger partial charge in [0.05, 0.1) is 13.2 Å². The normalized spacial score (nSPS) is 12.3. The van der Waals surface area contributed by atoms with Crippen LogP contribution in [0.25, 0.3) is 16.8 Å². The smallest absolute Gasteiger partial charge is 0.306 e.